The smallest absolute Gasteiger partial charge is 0.416 e. The lowest BCUT2D eigenvalue weighted by Gasteiger charge is -2.54. The van der Waals surface area contributed by atoms with Crippen LogP contribution in [-0.4, -0.2) is 70.6 Å². The molecule has 0 radical (unpaired) electrons. The molecule has 12 heteroatoms. The van der Waals surface area contributed by atoms with Gasteiger partial charge in [-0.2, -0.15) is 13.2 Å². The molecule has 0 aliphatic carbocycles. The molecule has 0 unspecified atom stereocenters. The number of thioether (sulfide) groups is 1. The van der Waals surface area contributed by atoms with Gasteiger partial charge < -0.3 is 19.6 Å². The number of benzene rings is 2. The van der Waals surface area contributed by atoms with Crippen molar-refractivity contribution in [3.8, 4) is 11.5 Å². The molecule has 5 rings (SSSR count). The first-order valence-electron chi connectivity index (χ1n) is 12.7. The molecule has 0 atom stereocenters. The number of pyridine rings is 1. The first-order valence-corrected chi connectivity index (χ1v) is 13.9. The summed E-state index contributed by atoms with van der Waals surface area (Å²) in [5.41, 5.74) is 0.272. The molecule has 3 heterocycles. The van der Waals surface area contributed by atoms with Crippen molar-refractivity contribution in [1.82, 2.24) is 14.8 Å². The van der Waals surface area contributed by atoms with Crippen molar-refractivity contribution in [1.29, 1.82) is 0 Å². The quantitative estimate of drug-likeness (QED) is 0.302. The first-order chi connectivity index (χ1) is 19.6. The van der Waals surface area contributed by atoms with Crippen LogP contribution in [-0.2, 0) is 11.0 Å². The average molecular weight is 588 g/mol. The molecule has 41 heavy (non-hydrogen) atoms. The average Bonchev–Trinajstić information content (AvgIpc) is 2.96. The topological polar surface area (TPSA) is 100 Å². The van der Waals surface area contributed by atoms with E-state index in [-0.39, 0.29) is 29.5 Å². The third-order valence-corrected chi connectivity index (χ3v) is 7.71. The van der Waals surface area contributed by atoms with Gasteiger partial charge in [-0.3, -0.25) is 14.4 Å². The van der Waals surface area contributed by atoms with Crippen LogP contribution in [0.5, 0.6) is 11.5 Å². The molecule has 1 spiro atoms. The number of carboxylic acid groups (broad SMARTS) is 1. The number of nitrogens with zero attached hydrogens (tertiary/aromatic N) is 3. The number of ether oxygens (including phenoxy) is 1. The van der Waals surface area contributed by atoms with Gasteiger partial charge >= 0.3 is 6.18 Å². The summed E-state index contributed by atoms with van der Waals surface area (Å²) in [6.45, 7) is 2.22. The van der Waals surface area contributed by atoms with Gasteiger partial charge in [0.1, 0.15) is 16.5 Å². The van der Waals surface area contributed by atoms with Crippen LogP contribution >= 0.6 is 11.8 Å². The number of halogens is 3. The number of amides is 2. The maximum absolute atomic E-state index is 13.2. The zero-order valence-electron chi connectivity index (χ0n) is 22.1. The summed E-state index contributed by atoms with van der Waals surface area (Å²) in [6, 6.07) is 14.6. The predicted molar refractivity (Wildman–Crippen MR) is 146 cm³/mol. The second-order valence-electron chi connectivity index (χ2n) is 9.81. The van der Waals surface area contributed by atoms with Crippen LogP contribution in [0.3, 0.4) is 0 Å². The van der Waals surface area contributed by atoms with E-state index in [9.17, 15) is 22.8 Å². The van der Waals surface area contributed by atoms with Crippen LogP contribution < -0.4 is 4.74 Å². The zero-order valence-corrected chi connectivity index (χ0v) is 23.0. The van der Waals surface area contributed by atoms with Gasteiger partial charge in [0.2, 0.25) is 0 Å². The summed E-state index contributed by atoms with van der Waals surface area (Å²) in [4.78, 5) is 42.6. The number of carbonyl (C=O) groups is 3. The summed E-state index contributed by atoms with van der Waals surface area (Å²) >= 11 is 1.45. The van der Waals surface area contributed by atoms with Crippen LogP contribution in [0.4, 0.5) is 13.2 Å². The SMILES string of the molecule is CSc1ncccc1C(=O)N1CCCC2(CN(C(=O)c3ccc(Oc4ccc(C(F)(F)F)cc4)cc3)C2)C1.O=CO. The number of likely N-dealkylation sites (tertiary alicyclic amines) is 2. The van der Waals surface area contributed by atoms with Crippen LogP contribution in [0.25, 0.3) is 0 Å². The molecule has 0 saturated carbocycles. The van der Waals surface area contributed by atoms with E-state index in [0.29, 0.717) is 48.1 Å². The molecule has 1 N–H and O–H groups in total. The lowest BCUT2D eigenvalue weighted by molar-refractivity contribution is -0.137. The van der Waals surface area contributed by atoms with Crippen LogP contribution in [0.2, 0.25) is 0 Å². The van der Waals surface area contributed by atoms with Gasteiger partial charge in [-0.15, -0.1) is 11.8 Å². The number of carbonyl (C=O) groups excluding carboxylic acids is 2. The van der Waals surface area contributed by atoms with E-state index in [1.54, 1.807) is 41.4 Å². The zero-order chi connectivity index (χ0) is 29.6. The Balaban J connectivity index is 0.00000124. The highest BCUT2D eigenvalue weighted by Gasteiger charge is 2.48. The molecule has 216 valence electrons. The highest BCUT2D eigenvalue weighted by molar-refractivity contribution is 7.98. The second-order valence-corrected chi connectivity index (χ2v) is 10.6. The Morgan fingerprint density at radius 3 is 2.15 bits per heavy atom. The van der Waals surface area contributed by atoms with Crippen LogP contribution in [0.15, 0.2) is 71.9 Å². The fourth-order valence-electron chi connectivity index (χ4n) is 5.13. The fraction of sp³-hybridized carbons (Fsp3) is 0.310. The number of piperidine rings is 1. The molecule has 1 aromatic heterocycles. The molecule has 2 aromatic carbocycles. The first kappa shape index (κ1) is 29.9. The minimum Gasteiger partial charge on any atom is -0.483 e. The molecule has 2 fully saturated rings. The highest BCUT2D eigenvalue weighted by Crippen LogP contribution is 2.40. The van der Waals surface area contributed by atoms with E-state index in [1.165, 1.54) is 23.9 Å². The van der Waals surface area contributed by atoms with Gasteiger partial charge in [0.25, 0.3) is 18.3 Å². The Bertz CT molecular complexity index is 1380. The third kappa shape index (κ3) is 6.99. The maximum atomic E-state index is 13.2. The van der Waals surface area contributed by atoms with Crippen molar-refractivity contribution >= 4 is 30.0 Å². The lowest BCUT2D eigenvalue weighted by atomic mass is 9.73. The summed E-state index contributed by atoms with van der Waals surface area (Å²) in [7, 11) is 0. The second kappa shape index (κ2) is 12.6. The Morgan fingerprint density at radius 1 is 0.976 bits per heavy atom. The van der Waals surface area contributed by atoms with Gasteiger partial charge in [0.15, 0.2) is 0 Å². The Hall–Kier alpha value is -4.06. The Morgan fingerprint density at radius 2 is 1.56 bits per heavy atom. The molecule has 2 amide bonds. The number of hydrogen-bond acceptors (Lipinski definition) is 6. The fourth-order valence-corrected chi connectivity index (χ4v) is 5.67. The van der Waals surface area contributed by atoms with E-state index in [0.717, 1.165) is 25.0 Å². The minimum absolute atomic E-state index is 0.0186. The molecule has 2 aliphatic heterocycles. The van der Waals surface area contributed by atoms with Gasteiger partial charge in [-0.25, -0.2) is 4.98 Å². The van der Waals surface area contributed by atoms with E-state index in [2.05, 4.69) is 4.98 Å². The molecule has 0 bridgehead atoms. The van der Waals surface area contributed by atoms with Crippen LogP contribution in [0, 0.1) is 5.41 Å². The Labute approximate surface area is 239 Å². The van der Waals surface area contributed by atoms with Gasteiger partial charge in [-0.05, 0) is 79.8 Å². The number of alkyl halides is 3. The lowest BCUT2D eigenvalue weighted by Crippen LogP contribution is -2.64. The summed E-state index contributed by atoms with van der Waals surface area (Å²) in [5.74, 6) is 0.573. The van der Waals surface area contributed by atoms with Crippen molar-refractivity contribution < 1.29 is 37.4 Å². The number of aromatic nitrogens is 1. The van der Waals surface area contributed by atoms with Crippen molar-refractivity contribution in [3.63, 3.8) is 0 Å². The molecular weight excluding hydrogens is 559 g/mol. The molecule has 8 nitrogen and oxygen atoms in total. The predicted octanol–water partition coefficient (Wildman–Crippen LogP) is 5.69. The molecule has 2 saturated heterocycles. The van der Waals surface area contributed by atoms with Crippen molar-refractivity contribution in [2.75, 3.05) is 32.4 Å². The largest absolute Gasteiger partial charge is 0.483 e. The van der Waals surface area contributed by atoms with E-state index < -0.39 is 11.7 Å². The highest BCUT2D eigenvalue weighted by atomic mass is 32.2. The van der Waals surface area contributed by atoms with Crippen molar-refractivity contribution in [2.24, 2.45) is 5.41 Å². The maximum Gasteiger partial charge on any atom is 0.416 e. The summed E-state index contributed by atoms with van der Waals surface area (Å²) in [6.07, 6.45) is 1.03. The van der Waals surface area contributed by atoms with Gasteiger partial charge in [-0.1, -0.05) is 0 Å². The van der Waals surface area contributed by atoms with E-state index >= 15 is 0 Å². The van der Waals surface area contributed by atoms with Crippen molar-refractivity contribution in [3.05, 3.63) is 83.6 Å². The van der Waals surface area contributed by atoms with E-state index in [1.807, 2.05) is 17.2 Å². The minimum atomic E-state index is -4.40. The standard InChI is InChI=1S/C28H26F3N3O3S.CH2O2/c1-38-24-23(4-2-14-32-24)26(36)33-15-3-13-27(16-33)17-34(18-27)25(35)19-5-9-21(10-6-19)37-22-11-7-20(8-12-22)28(29,30)31;2-1-3/h2,4-12,14H,3,13,15-18H2,1H3;1H,(H,2,3). The van der Waals surface area contributed by atoms with Crippen molar-refractivity contribution in [2.45, 2.75) is 24.0 Å². The number of rotatable bonds is 5. The Kier molecular flexibility index (Phi) is 9.21. The van der Waals surface area contributed by atoms with Crippen LogP contribution in [0.1, 0.15) is 39.1 Å². The normalized spacial score (nSPS) is 15.8. The van der Waals surface area contributed by atoms with E-state index in [4.69, 9.17) is 14.6 Å². The monoisotopic (exact) mass is 587 g/mol. The number of hydrogen-bond donors (Lipinski definition) is 1. The summed E-state index contributed by atoms with van der Waals surface area (Å²) in [5, 5.41) is 7.60. The van der Waals surface area contributed by atoms with Gasteiger partial charge in [0.05, 0.1) is 11.1 Å². The molecule has 3 aromatic rings. The third-order valence-electron chi connectivity index (χ3n) is 7.00. The molecular formula is C29H28F3N3O5S. The van der Waals surface area contributed by atoms with Gasteiger partial charge in [0, 0.05) is 43.4 Å². The molecule has 2 aliphatic rings. The summed E-state index contributed by atoms with van der Waals surface area (Å²) < 4.78 is 43.8.